The van der Waals surface area contributed by atoms with Crippen LogP contribution in [0.1, 0.15) is 45.7 Å². The minimum atomic E-state index is -5.11. The van der Waals surface area contributed by atoms with Crippen LogP contribution in [0.2, 0.25) is 0 Å². The summed E-state index contributed by atoms with van der Waals surface area (Å²) < 4.78 is 73.4. The molecule has 0 aliphatic carbocycles. The lowest BCUT2D eigenvalue weighted by atomic mass is 9.82. The van der Waals surface area contributed by atoms with Gasteiger partial charge in [0, 0.05) is 38.3 Å². The molecule has 0 spiro atoms. The Morgan fingerprint density at radius 2 is 1.60 bits per heavy atom. The lowest BCUT2D eigenvalue weighted by Gasteiger charge is -2.27. The Morgan fingerprint density at radius 3 is 2.12 bits per heavy atom. The van der Waals surface area contributed by atoms with Gasteiger partial charge in [0.2, 0.25) is 5.91 Å². The predicted octanol–water partition coefficient (Wildman–Crippen LogP) is 3.77. The van der Waals surface area contributed by atoms with E-state index < -0.39 is 66.9 Å². The number of ether oxygens (including phenoxy) is 1. The van der Waals surface area contributed by atoms with Gasteiger partial charge in [-0.25, -0.2) is 4.68 Å². The molecule has 40 heavy (non-hydrogen) atoms. The number of rotatable bonds is 12. The van der Waals surface area contributed by atoms with E-state index in [1.807, 2.05) is 0 Å². The molecule has 0 fully saturated rings. The summed E-state index contributed by atoms with van der Waals surface area (Å²) in [5.41, 5.74) is -3.32. The zero-order valence-electron chi connectivity index (χ0n) is 22.7. The van der Waals surface area contributed by atoms with Crippen molar-refractivity contribution in [2.24, 2.45) is 12.5 Å². The van der Waals surface area contributed by atoms with Gasteiger partial charge in [-0.1, -0.05) is 18.2 Å². The first-order chi connectivity index (χ1) is 18.5. The molecule has 1 heterocycles. The van der Waals surface area contributed by atoms with Gasteiger partial charge in [0.25, 0.3) is 5.56 Å². The van der Waals surface area contributed by atoms with Crippen LogP contribution in [0, 0.1) is 5.41 Å². The van der Waals surface area contributed by atoms with Gasteiger partial charge in [-0.05, 0) is 39.3 Å². The predicted molar refractivity (Wildman–Crippen MR) is 136 cm³/mol. The maximum atomic E-state index is 14.0. The second kappa shape index (κ2) is 13.1. The van der Waals surface area contributed by atoms with Crippen LogP contribution in [0.4, 0.5) is 27.6 Å². The molecule has 0 saturated heterocycles. The smallest absolute Gasteiger partial charge is 0.460 e. The highest BCUT2D eigenvalue weighted by Gasteiger charge is 2.38. The standard InChI is InChI=1S/C26H33F5N4O5/c1-24(2,3)40-20(37)10-12-25(15-27,16-28)14-19(36)33-21-18(11-13-32-23(39)26(29,30)31)34(4)35(22(21)38)17-8-6-5-7-9-17/h5-9H,10-16H2,1-4H3,(H,32,39)(H,33,36). The van der Waals surface area contributed by atoms with E-state index in [0.29, 0.717) is 5.69 Å². The molecule has 0 aliphatic rings. The van der Waals surface area contributed by atoms with Crippen molar-refractivity contribution in [2.45, 2.75) is 58.2 Å². The van der Waals surface area contributed by atoms with Crippen LogP contribution in [0.15, 0.2) is 35.1 Å². The lowest BCUT2D eigenvalue weighted by molar-refractivity contribution is -0.173. The van der Waals surface area contributed by atoms with E-state index in [9.17, 15) is 41.1 Å². The van der Waals surface area contributed by atoms with Crippen molar-refractivity contribution in [3.63, 3.8) is 0 Å². The number of alkyl halides is 5. The van der Waals surface area contributed by atoms with Crippen molar-refractivity contribution in [1.82, 2.24) is 14.7 Å². The molecule has 1 aromatic heterocycles. The number of esters is 1. The Morgan fingerprint density at radius 1 is 1.00 bits per heavy atom. The molecule has 2 rings (SSSR count). The summed E-state index contributed by atoms with van der Waals surface area (Å²) >= 11 is 0. The number of benzene rings is 1. The highest BCUT2D eigenvalue weighted by atomic mass is 19.4. The van der Waals surface area contributed by atoms with Crippen molar-refractivity contribution in [3.05, 3.63) is 46.4 Å². The summed E-state index contributed by atoms with van der Waals surface area (Å²) in [6, 6.07) is 8.13. The summed E-state index contributed by atoms with van der Waals surface area (Å²) in [6.07, 6.45) is -6.83. The molecule has 0 aliphatic heterocycles. The van der Waals surface area contributed by atoms with E-state index in [1.54, 1.807) is 56.4 Å². The fourth-order valence-electron chi connectivity index (χ4n) is 3.95. The molecule has 222 valence electrons. The second-order valence-electron chi connectivity index (χ2n) is 10.4. The molecule has 14 heteroatoms. The number of nitrogens with one attached hydrogen (secondary N) is 2. The van der Waals surface area contributed by atoms with Crippen LogP contribution in [0.25, 0.3) is 5.69 Å². The van der Waals surface area contributed by atoms with Crippen molar-refractivity contribution in [3.8, 4) is 5.69 Å². The number of carbonyl (C=O) groups is 3. The molecule has 9 nitrogen and oxygen atoms in total. The van der Waals surface area contributed by atoms with Crippen LogP contribution in [-0.4, -0.2) is 58.8 Å². The average molecular weight is 577 g/mol. The van der Waals surface area contributed by atoms with E-state index in [4.69, 9.17) is 4.74 Å². The summed E-state index contributed by atoms with van der Waals surface area (Å²) in [5, 5.41) is 4.05. The van der Waals surface area contributed by atoms with E-state index in [2.05, 4.69) is 5.32 Å². The maximum Gasteiger partial charge on any atom is 0.471 e. The molecule has 1 aromatic carbocycles. The number of para-hydroxylation sites is 1. The van der Waals surface area contributed by atoms with E-state index in [1.165, 1.54) is 11.7 Å². The van der Waals surface area contributed by atoms with Gasteiger partial charge in [-0.3, -0.25) is 32.6 Å². The van der Waals surface area contributed by atoms with E-state index in [0.717, 1.165) is 4.68 Å². The van der Waals surface area contributed by atoms with Gasteiger partial charge in [0.15, 0.2) is 0 Å². The largest absolute Gasteiger partial charge is 0.471 e. The SMILES string of the molecule is Cn1c(CCNC(=O)C(F)(F)F)c(NC(=O)CC(CF)(CF)CCC(=O)OC(C)(C)C)c(=O)n1-c1ccccc1. The third-order valence-corrected chi connectivity index (χ3v) is 5.94. The monoisotopic (exact) mass is 576 g/mol. The first-order valence-corrected chi connectivity index (χ1v) is 12.4. The fourth-order valence-corrected chi connectivity index (χ4v) is 3.95. The molecule has 0 bridgehead atoms. The van der Waals surface area contributed by atoms with Gasteiger partial charge >= 0.3 is 18.1 Å². The Balaban J connectivity index is 2.32. The number of aromatic nitrogens is 2. The van der Waals surface area contributed by atoms with Crippen molar-refractivity contribution >= 4 is 23.5 Å². The second-order valence-corrected chi connectivity index (χ2v) is 10.4. The third-order valence-electron chi connectivity index (χ3n) is 5.94. The van der Waals surface area contributed by atoms with Crippen molar-refractivity contribution in [1.29, 1.82) is 0 Å². The van der Waals surface area contributed by atoms with Crippen molar-refractivity contribution in [2.75, 3.05) is 25.2 Å². The zero-order chi connectivity index (χ0) is 30.3. The van der Waals surface area contributed by atoms with Gasteiger partial charge in [-0.2, -0.15) is 13.2 Å². The van der Waals surface area contributed by atoms with Crippen LogP contribution in [0.3, 0.4) is 0 Å². The number of amides is 2. The van der Waals surface area contributed by atoms with Gasteiger partial charge in [-0.15, -0.1) is 0 Å². The van der Waals surface area contributed by atoms with E-state index >= 15 is 0 Å². The molecule has 2 N–H and O–H groups in total. The number of halogens is 5. The van der Waals surface area contributed by atoms with Gasteiger partial charge in [0.1, 0.15) is 11.3 Å². The highest BCUT2D eigenvalue weighted by Crippen LogP contribution is 2.31. The zero-order valence-corrected chi connectivity index (χ0v) is 22.7. The number of carbonyl (C=O) groups excluding carboxylic acids is 3. The molecule has 0 atom stereocenters. The summed E-state index contributed by atoms with van der Waals surface area (Å²) in [6.45, 7) is 1.80. The number of hydrogen-bond acceptors (Lipinski definition) is 5. The third kappa shape index (κ3) is 8.65. The minimum Gasteiger partial charge on any atom is -0.460 e. The van der Waals surface area contributed by atoms with Crippen LogP contribution in [-0.2, 0) is 32.6 Å². The number of nitrogens with zero attached hydrogens (tertiary/aromatic N) is 2. The average Bonchev–Trinajstić information content (AvgIpc) is 3.09. The van der Waals surface area contributed by atoms with Crippen LogP contribution >= 0.6 is 0 Å². The van der Waals surface area contributed by atoms with Crippen LogP contribution < -0.4 is 16.2 Å². The Labute approximate surface area is 227 Å². The minimum absolute atomic E-state index is 0.0597. The topological polar surface area (TPSA) is 111 Å². The summed E-state index contributed by atoms with van der Waals surface area (Å²) in [4.78, 5) is 49.6. The molecule has 0 radical (unpaired) electrons. The summed E-state index contributed by atoms with van der Waals surface area (Å²) in [5.74, 6) is -3.81. The quantitative estimate of drug-likeness (QED) is 0.295. The molecule has 0 saturated carbocycles. The highest BCUT2D eigenvalue weighted by molar-refractivity contribution is 5.91. The van der Waals surface area contributed by atoms with E-state index in [-0.39, 0.29) is 30.6 Å². The summed E-state index contributed by atoms with van der Waals surface area (Å²) in [7, 11) is 1.43. The Kier molecular flexibility index (Phi) is 10.6. The van der Waals surface area contributed by atoms with Crippen molar-refractivity contribution < 1.29 is 41.1 Å². The first kappa shape index (κ1) is 32.5. The normalized spacial score (nSPS) is 12.2. The van der Waals surface area contributed by atoms with Gasteiger partial charge < -0.3 is 15.4 Å². The Bertz CT molecular complexity index is 1250. The first-order valence-electron chi connectivity index (χ1n) is 12.4. The van der Waals surface area contributed by atoms with Crippen LogP contribution in [0.5, 0.6) is 0 Å². The number of anilines is 1. The molecule has 2 amide bonds. The molecular formula is C26H33F5N4O5. The Hall–Kier alpha value is -3.71. The molecular weight excluding hydrogens is 543 g/mol. The fraction of sp³-hybridized carbons (Fsp3) is 0.538. The van der Waals surface area contributed by atoms with Gasteiger partial charge in [0.05, 0.1) is 24.7 Å². The lowest BCUT2D eigenvalue weighted by Crippen LogP contribution is -2.38. The maximum absolute atomic E-state index is 14.0. The molecule has 2 aromatic rings. The number of hydrogen-bond donors (Lipinski definition) is 2. The molecule has 0 unspecified atom stereocenters.